The van der Waals surface area contributed by atoms with Gasteiger partial charge in [-0.05, 0) is 36.6 Å². The molecule has 1 fully saturated rings. The van der Waals surface area contributed by atoms with E-state index in [4.69, 9.17) is 0 Å². The second-order valence-corrected chi connectivity index (χ2v) is 9.31. The summed E-state index contributed by atoms with van der Waals surface area (Å²) in [6.07, 6.45) is 0. The molecule has 4 nitrogen and oxygen atoms in total. The van der Waals surface area contributed by atoms with Crippen LogP contribution < -0.4 is 4.90 Å². The molecule has 0 N–H and O–H groups in total. The van der Waals surface area contributed by atoms with Crippen molar-refractivity contribution in [3.05, 3.63) is 59.7 Å². The van der Waals surface area contributed by atoms with Gasteiger partial charge < -0.3 is 4.90 Å². The molecule has 3 unspecified atom stereocenters. The third kappa shape index (κ3) is 2.57. The summed E-state index contributed by atoms with van der Waals surface area (Å²) in [7, 11) is -1.37. The molecule has 0 saturated carbocycles. The molecule has 4 rings (SSSR count). The van der Waals surface area contributed by atoms with Crippen molar-refractivity contribution in [2.75, 3.05) is 25.0 Å². The first-order valence-electron chi connectivity index (χ1n) is 8.78. The monoisotopic (exact) mass is 356 g/mol. The largest absolute Gasteiger partial charge is 0.369 e. The number of sulfonamides is 1. The number of piperidine rings is 1. The van der Waals surface area contributed by atoms with Gasteiger partial charge in [-0.15, -0.1) is 0 Å². The van der Waals surface area contributed by atoms with Crippen molar-refractivity contribution in [1.29, 1.82) is 0 Å². The van der Waals surface area contributed by atoms with E-state index in [1.807, 2.05) is 19.1 Å². The molecule has 1 saturated heterocycles. The highest BCUT2D eigenvalue weighted by Gasteiger charge is 2.46. The molecule has 2 aromatic carbocycles. The number of hydrogen-bond acceptors (Lipinski definition) is 3. The number of nitrogens with zero attached hydrogens (tertiary/aromatic N) is 2. The van der Waals surface area contributed by atoms with Crippen LogP contribution in [0.5, 0.6) is 0 Å². The number of para-hydroxylation sites is 1. The van der Waals surface area contributed by atoms with Crippen LogP contribution in [0.2, 0.25) is 0 Å². The normalized spacial score (nSPS) is 26.4. The van der Waals surface area contributed by atoms with Gasteiger partial charge in [0.05, 0.1) is 4.90 Å². The summed E-state index contributed by atoms with van der Waals surface area (Å²) >= 11 is 0. The van der Waals surface area contributed by atoms with Gasteiger partial charge in [0.2, 0.25) is 10.0 Å². The topological polar surface area (TPSA) is 40.6 Å². The molecule has 2 aliphatic heterocycles. The van der Waals surface area contributed by atoms with Crippen LogP contribution in [0.3, 0.4) is 0 Å². The van der Waals surface area contributed by atoms with Crippen molar-refractivity contribution >= 4 is 15.7 Å². The zero-order valence-electron chi connectivity index (χ0n) is 14.9. The van der Waals surface area contributed by atoms with Crippen molar-refractivity contribution in [2.45, 2.75) is 30.7 Å². The Kier molecular flexibility index (Phi) is 3.89. The average molecular weight is 356 g/mol. The molecule has 2 heterocycles. The minimum Gasteiger partial charge on any atom is -0.369 e. The molecule has 0 aliphatic carbocycles. The zero-order chi connectivity index (χ0) is 17.8. The van der Waals surface area contributed by atoms with Crippen LogP contribution in [0.4, 0.5) is 5.69 Å². The van der Waals surface area contributed by atoms with Crippen LogP contribution in [-0.4, -0.2) is 38.9 Å². The van der Waals surface area contributed by atoms with Gasteiger partial charge in [0.1, 0.15) is 0 Å². The van der Waals surface area contributed by atoms with E-state index in [1.165, 1.54) is 11.3 Å². The van der Waals surface area contributed by atoms with Crippen molar-refractivity contribution in [3.63, 3.8) is 0 Å². The van der Waals surface area contributed by atoms with Crippen LogP contribution in [0.1, 0.15) is 24.0 Å². The highest BCUT2D eigenvalue weighted by atomic mass is 32.2. The van der Waals surface area contributed by atoms with E-state index in [-0.39, 0.29) is 12.0 Å². The first-order valence-corrected chi connectivity index (χ1v) is 10.2. The summed E-state index contributed by atoms with van der Waals surface area (Å²) in [5.74, 6) is 0.677. The number of anilines is 1. The Bertz CT molecular complexity index is 892. The van der Waals surface area contributed by atoms with Crippen LogP contribution in [0, 0.1) is 12.8 Å². The van der Waals surface area contributed by atoms with Gasteiger partial charge in [-0.25, -0.2) is 8.42 Å². The van der Waals surface area contributed by atoms with Crippen molar-refractivity contribution in [3.8, 4) is 0 Å². The predicted octanol–water partition coefficient (Wildman–Crippen LogP) is 3.24. The Morgan fingerprint density at radius 3 is 2.40 bits per heavy atom. The first kappa shape index (κ1) is 16.6. The van der Waals surface area contributed by atoms with Crippen molar-refractivity contribution in [2.24, 2.45) is 5.92 Å². The molecule has 5 heteroatoms. The van der Waals surface area contributed by atoms with Gasteiger partial charge in [0.15, 0.2) is 0 Å². The van der Waals surface area contributed by atoms with Gasteiger partial charge >= 0.3 is 0 Å². The van der Waals surface area contributed by atoms with E-state index in [0.717, 1.165) is 5.56 Å². The Hall–Kier alpha value is -1.85. The molecule has 25 heavy (non-hydrogen) atoms. The van der Waals surface area contributed by atoms with Crippen molar-refractivity contribution < 1.29 is 8.42 Å². The molecule has 2 aromatic rings. The Morgan fingerprint density at radius 2 is 1.68 bits per heavy atom. The van der Waals surface area contributed by atoms with E-state index >= 15 is 0 Å². The van der Waals surface area contributed by atoms with Gasteiger partial charge in [0, 0.05) is 37.8 Å². The molecule has 0 spiro atoms. The first-order chi connectivity index (χ1) is 11.9. The Morgan fingerprint density at radius 1 is 1.00 bits per heavy atom. The molecule has 3 atom stereocenters. The van der Waals surface area contributed by atoms with E-state index in [0.29, 0.717) is 23.9 Å². The summed E-state index contributed by atoms with van der Waals surface area (Å²) in [5, 5.41) is 0. The number of fused-ring (bicyclic) bond motifs is 3. The summed E-state index contributed by atoms with van der Waals surface area (Å²) in [6, 6.07) is 15.8. The van der Waals surface area contributed by atoms with Crippen molar-refractivity contribution in [1.82, 2.24) is 4.31 Å². The molecular formula is C20H24N2O2S. The van der Waals surface area contributed by atoms with Crippen LogP contribution in [0.25, 0.3) is 0 Å². The van der Waals surface area contributed by atoms with Gasteiger partial charge in [-0.1, -0.05) is 42.8 Å². The van der Waals surface area contributed by atoms with Gasteiger partial charge in [-0.3, -0.25) is 0 Å². The number of benzene rings is 2. The van der Waals surface area contributed by atoms with E-state index in [9.17, 15) is 8.42 Å². The average Bonchev–Trinajstić information content (AvgIpc) is 2.89. The molecular weight excluding hydrogens is 332 g/mol. The maximum atomic E-state index is 13.1. The predicted molar refractivity (Wildman–Crippen MR) is 100 cm³/mol. The Balaban J connectivity index is 1.67. The minimum absolute atomic E-state index is 0.196. The maximum Gasteiger partial charge on any atom is 0.243 e. The molecule has 0 bridgehead atoms. The van der Waals surface area contributed by atoms with E-state index < -0.39 is 10.0 Å². The summed E-state index contributed by atoms with van der Waals surface area (Å²) in [5.41, 5.74) is 3.66. The lowest BCUT2D eigenvalue weighted by Gasteiger charge is -2.41. The summed E-state index contributed by atoms with van der Waals surface area (Å²) < 4.78 is 27.9. The third-order valence-corrected chi connectivity index (χ3v) is 7.59. The lowest BCUT2D eigenvalue weighted by molar-refractivity contribution is 0.227. The molecule has 0 aromatic heterocycles. The lowest BCUT2D eigenvalue weighted by atomic mass is 9.81. The SMILES string of the molecule is Cc1ccc(S(=O)(=O)N2CC(C)C3c4ccccc4N(C)C3C2)cc1. The highest BCUT2D eigenvalue weighted by Crippen LogP contribution is 2.47. The lowest BCUT2D eigenvalue weighted by Crippen LogP contribution is -2.52. The van der Waals surface area contributed by atoms with Crippen LogP contribution in [0.15, 0.2) is 53.4 Å². The van der Waals surface area contributed by atoms with Crippen LogP contribution >= 0.6 is 0 Å². The third-order valence-electron chi connectivity index (χ3n) is 5.74. The molecule has 132 valence electrons. The molecule has 0 amide bonds. The van der Waals surface area contributed by atoms with E-state index in [1.54, 1.807) is 16.4 Å². The number of hydrogen-bond donors (Lipinski definition) is 0. The fourth-order valence-electron chi connectivity index (χ4n) is 4.41. The second kappa shape index (κ2) is 5.85. The number of likely N-dealkylation sites (N-methyl/N-ethyl adjacent to an activating group) is 1. The summed E-state index contributed by atoms with van der Waals surface area (Å²) in [6.45, 7) is 5.25. The summed E-state index contributed by atoms with van der Waals surface area (Å²) in [4.78, 5) is 2.65. The number of aryl methyl sites for hydroxylation is 1. The quantitative estimate of drug-likeness (QED) is 0.829. The minimum atomic E-state index is -3.45. The fraction of sp³-hybridized carbons (Fsp3) is 0.400. The Labute approximate surface area is 150 Å². The smallest absolute Gasteiger partial charge is 0.243 e. The molecule has 0 radical (unpaired) electrons. The van der Waals surface area contributed by atoms with Gasteiger partial charge in [-0.2, -0.15) is 4.31 Å². The van der Waals surface area contributed by atoms with Gasteiger partial charge in [0.25, 0.3) is 0 Å². The second-order valence-electron chi connectivity index (χ2n) is 7.38. The molecule has 2 aliphatic rings. The highest BCUT2D eigenvalue weighted by molar-refractivity contribution is 7.89. The fourth-order valence-corrected chi connectivity index (χ4v) is 5.97. The zero-order valence-corrected chi connectivity index (χ0v) is 15.7. The van der Waals surface area contributed by atoms with Crippen LogP contribution in [-0.2, 0) is 10.0 Å². The standard InChI is InChI=1S/C20H24N2O2S/c1-14-8-10-16(11-9-14)25(23,24)22-12-15(2)20-17-6-4-5-7-18(17)21(3)19(20)13-22/h4-11,15,19-20H,12-13H2,1-3H3. The van der Waals surface area contributed by atoms with E-state index in [2.05, 4.69) is 43.1 Å². The maximum absolute atomic E-state index is 13.1. The number of rotatable bonds is 2.